The van der Waals surface area contributed by atoms with Crippen molar-refractivity contribution < 1.29 is 4.74 Å². The largest absolute Gasteiger partial charge is 0.483 e. The predicted molar refractivity (Wildman–Crippen MR) is 88.4 cm³/mol. The fraction of sp³-hybridized carbons (Fsp3) is 0.200. The van der Waals surface area contributed by atoms with E-state index in [2.05, 4.69) is 36.8 Å². The Kier molecular flexibility index (Phi) is 3.53. The van der Waals surface area contributed by atoms with Crippen LogP contribution >= 0.6 is 31.9 Å². The van der Waals surface area contributed by atoms with Gasteiger partial charge in [0.05, 0.1) is 15.7 Å². The molecule has 0 spiro atoms. The fourth-order valence-electron chi connectivity index (χ4n) is 2.28. The van der Waals surface area contributed by atoms with Crippen LogP contribution in [0.4, 0.5) is 0 Å². The van der Waals surface area contributed by atoms with E-state index in [0.717, 1.165) is 21.5 Å². The van der Waals surface area contributed by atoms with Gasteiger partial charge in [0, 0.05) is 23.1 Å². The van der Waals surface area contributed by atoms with Gasteiger partial charge in [-0.1, -0.05) is 0 Å². The number of rotatable bonds is 1. The second-order valence-corrected chi connectivity index (χ2v) is 7.06. The zero-order valence-electron chi connectivity index (χ0n) is 11.4. The molecule has 1 aliphatic rings. The average Bonchev–Trinajstić information content (AvgIpc) is 2.41. The second-order valence-electron chi connectivity index (χ2n) is 5.29. The molecule has 0 N–H and O–H groups in total. The highest BCUT2D eigenvalue weighted by Gasteiger charge is 2.28. The summed E-state index contributed by atoms with van der Waals surface area (Å²) in [5.41, 5.74) is 0.931. The van der Waals surface area contributed by atoms with Crippen LogP contribution in [0.3, 0.4) is 0 Å². The van der Waals surface area contributed by atoms with Gasteiger partial charge in [-0.25, -0.2) is 0 Å². The standard InChI is InChI=1S/C15H12Br2N2O2/c1-15(2)6-12(10-7-18-4-3-13(10)21-15)19-8-9(16)5-11(17)14(19)20/h3-8H,1-2H3. The first-order chi connectivity index (χ1) is 9.87. The van der Waals surface area contributed by atoms with Crippen LogP contribution in [0, 0.1) is 0 Å². The van der Waals surface area contributed by atoms with Crippen molar-refractivity contribution in [2.45, 2.75) is 19.4 Å². The molecule has 4 nitrogen and oxygen atoms in total. The van der Waals surface area contributed by atoms with Gasteiger partial charge in [0.25, 0.3) is 5.56 Å². The molecule has 0 aliphatic carbocycles. The SMILES string of the molecule is CC1(C)C=C(n2cc(Br)cc(Br)c2=O)c2cnccc2O1. The number of pyridine rings is 2. The first-order valence-corrected chi connectivity index (χ1v) is 7.90. The van der Waals surface area contributed by atoms with Crippen molar-refractivity contribution in [1.29, 1.82) is 0 Å². The van der Waals surface area contributed by atoms with Crippen LogP contribution in [0.15, 0.2) is 50.5 Å². The van der Waals surface area contributed by atoms with Crippen molar-refractivity contribution in [1.82, 2.24) is 9.55 Å². The zero-order valence-corrected chi connectivity index (χ0v) is 14.6. The number of aromatic nitrogens is 2. The van der Waals surface area contributed by atoms with E-state index in [1.54, 1.807) is 29.2 Å². The minimum atomic E-state index is -0.502. The van der Waals surface area contributed by atoms with Crippen molar-refractivity contribution in [3.05, 3.63) is 61.7 Å². The Morgan fingerprint density at radius 1 is 1.33 bits per heavy atom. The molecule has 0 saturated carbocycles. The normalized spacial score (nSPS) is 15.9. The molecule has 3 heterocycles. The lowest BCUT2D eigenvalue weighted by atomic mass is 10.0. The highest BCUT2D eigenvalue weighted by molar-refractivity contribution is 9.11. The van der Waals surface area contributed by atoms with Crippen LogP contribution in [0.2, 0.25) is 0 Å². The van der Waals surface area contributed by atoms with Crippen molar-refractivity contribution in [2.24, 2.45) is 0 Å². The maximum atomic E-state index is 12.4. The van der Waals surface area contributed by atoms with Crippen LogP contribution in [-0.4, -0.2) is 15.2 Å². The molecule has 2 aromatic heterocycles. The molecule has 0 saturated heterocycles. The van der Waals surface area contributed by atoms with Crippen LogP contribution in [-0.2, 0) is 0 Å². The van der Waals surface area contributed by atoms with Gasteiger partial charge in [0.2, 0.25) is 0 Å². The summed E-state index contributed by atoms with van der Waals surface area (Å²) in [5.74, 6) is 0.718. The quantitative estimate of drug-likeness (QED) is 0.716. The number of ether oxygens (including phenoxy) is 1. The van der Waals surface area contributed by atoms with Crippen LogP contribution in [0.1, 0.15) is 19.4 Å². The number of nitrogens with zero attached hydrogens (tertiary/aromatic N) is 2. The first-order valence-electron chi connectivity index (χ1n) is 6.32. The Morgan fingerprint density at radius 2 is 2.10 bits per heavy atom. The summed E-state index contributed by atoms with van der Waals surface area (Å²) in [4.78, 5) is 16.6. The molecule has 0 atom stereocenters. The summed E-state index contributed by atoms with van der Waals surface area (Å²) < 4.78 is 8.82. The maximum absolute atomic E-state index is 12.4. The third-order valence-electron chi connectivity index (χ3n) is 3.11. The Bertz CT molecular complexity index is 810. The number of fused-ring (bicyclic) bond motifs is 1. The molecule has 0 bridgehead atoms. The molecule has 6 heteroatoms. The third-order valence-corrected chi connectivity index (χ3v) is 4.12. The molecule has 0 unspecified atom stereocenters. The van der Waals surface area contributed by atoms with E-state index in [-0.39, 0.29) is 5.56 Å². The summed E-state index contributed by atoms with van der Waals surface area (Å²) in [6, 6.07) is 3.54. The smallest absolute Gasteiger partial charge is 0.269 e. The van der Waals surface area contributed by atoms with E-state index in [0.29, 0.717) is 4.47 Å². The van der Waals surface area contributed by atoms with E-state index >= 15 is 0 Å². The lowest BCUT2D eigenvalue weighted by Crippen LogP contribution is -2.32. The Morgan fingerprint density at radius 3 is 2.86 bits per heavy atom. The van der Waals surface area contributed by atoms with E-state index in [4.69, 9.17) is 4.74 Å². The van der Waals surface area contributed by atoms with Crippen molar-refractivity contribution in [3.8, 4) is 5.75 Å². The van der Waals surface area contributed by atoms with Crippen molar-refractivity contribution in [2.75, 3.05) is 0 Å². The highest BCUT2D eigenvalue weighted by Crippen LogP contribution is 2.35. The molecule has 0 aromatic carbocycles. The van der Waals surface area contributed by atoms with Gasteiger partial charge < -0.3 is 4.74 Å². The van der Waals surface area contributed by atoms with E-state index in [1.165, 1.54) is 0 Å². The summed E-state index contributed by atoms with van der Waals surface area (Å²) in [6.45, 7) is 3.91. The molecule has 0 amide bonds. The van der Waals surface area contributed by atoms with Crippen LogP contribution in [0.5, 0.6) is 5.75 Å². The zero-order chi connectivity index (χ0) is 15.2. The molecule has 21 heavy (non-hydrogen) atoms. The first kappa shape index (κ1) is 14.5. The molecular weight excluding hydrogens is 400 g/mol. The lowest BCUT2D eigenvalue weighted by Gasteiger charge is -2.31. The number of hydrogen-bond acceptors (Lipinski definition) is 3. The Labute approximate surface area is 138 Å². The molecule has 0 radical (unpaired) electrons. The van der Waals surface area contributed by atoms with E-state index in [9.17, 15) is 4.79 Å². The minimum absolute atomic E-state index is 0.128. The predicted octanol–water partition coefficient (Wildman–Crippen LogP) is 3.83. The number of hydrogen-bond donors (Lipinski definition) is 0. The maximum Gasteiger partial charge on any atom is 0.269 e. The fourth-order valence-corrected chi connectivity index (χ4v) is 3.46. The number of halogens is 2. The molecule has 0 fully saturated rings. The average molecular weight is 412 g/mol. The Balaban J connectivity index is 2.30. The summed E-state index contributed by atoms with van der Waals surface area (Å²) in [6.07, 6.45) is 7.06. The van der Waals surface area contributed by atoms with Gasteiger partial charge in [-0.2, -0.15) is 0 Å². The monoisotopic (exact) mass is 410 g/mol. The van der Waals surface area contributed by atoms with Crippen molar-refractivity contribution in [3.63, 3.8) is 0 Å². The third kappa shape index (κ3) is 2.70. The van der Waals surface area contributed by atoms with Crippen LogP contribution in [0.25, 0.3) is 5.70 Å². The van der Waals surface area contributed by atoms with Gasteiger partial charge >= 0.3 is 0 Å². The van der Waals surface area contributed by atoms with Crippen molar-refractivity contribution >= 4 is 37.6 Å². The van der Waals surface area contributed by atoms with Gasteiger partial charge in [-0.15, -0.1) is 0 Å². The molecular formula is C15H12Br2N2O2. The lowest BCUT2D eigenvalue weighted by molar-refractivity contribution is 0.157. The van der Waals surface area contributed by atoms with Gasteiger partial charge in [-0.3, -0.25) is 14.3 Å². The summed E-state index contributed by atoms with van der Waals surface area (Å²) >= 11 is 6.71. The summed E-state index contributed by atoms with van der Waals surface area (Å²) in [5, 5.41) is 0. The molecule has 3 rings (SSSR count). The molecule has 108 valence electrons. The van der Waals surface area contributed by atoms with E-state index < -0.39 is 5.60 Å². The minimum Gasteiger partial charge on any atom is -0.483 e. The molecule has 1 aliphatic heterocycles. The topological polar surface area (TPSA) is 44.1 Å². The highest BCUT2D eigenvalue weighted by atomic mass is 79.9. The van der Waals surface area contributed by atoms with Gasteiger partial charge in [-0.05, 0) is 63.9 Å². The van der Waals surface area contributed by atoms with E-state index in [1.807, 2.05) is 26.0 Å². The van der Waals surface area contributed by atoms with Gasteiger partial charge in [0.15, 0.2) is 0 Å². The Hall–Kier alpha value is -1.40. The second kappa shape index (κ2) is 5.10. The molecule has 2 aromatic rings. The summed E-state index contributed by atoms with van der Waals surface area (Å²) in [7, 11) is 0. The van der Waals surface area contributed by atoms with Gasteiger partial charge in [0.1, 0.15) is 11.4 Å². The van der Waals surface area contributed by atoms with Crippen LogP contribution < -0.4 is 10.3 Å².